The van der Waals surface area contributed by atoms with Crippen molar-refractivity contribution in [2.75, 3.05) is 49.1 Å². The summed E-state index contributed by atoms with van der Waals surface area (Å²) < 4.78 is 0. The molecule has 0 radical (unpaired) electrons. The number of carbonyl (C=O) groups excluding carboxylic acids is 1. The number of hydrogen-bond acceptors (Lipinski definition) is 4. The molecule has 142 valence electrons. The van der Waals surface area contributed by atoms with Crippen molar-refractivity contribution < 1.29 is 4.79 Å². The van der Waals surface area contributed by atoms with Crippen molar-refractivity contribution in [3.63, 3.8) is 0 Å². The smallest absolute Gasteiger partial charge is 0.317 e. The van der Waals surface area contributed by atoms with Crippen molar-refractivity contribution in [3.05, 3.63) is 54.7 Å². The lowest BCUT2D eigenvalue weighted by atomic mass is 10.0. The Morgan fingerprint density at radius 2 is 1.56 bits per heavy atom. The molecule has 2 aliphatic heterocycles. The average molecular weight is 365 g/mol. The molecule has 0 aliphatic carbocycles. The average Bonchev–Trinajstić information content (AvgIpc) is 2.76. The normalized spacial score (nSPS) is 18.4. The van der Waals surface area contributed by atoms with E-state index in [1.807, 2.05) is 35.4 Å². The molecule has 2 saturated heterocycles. The van der Waals surface area contributed by atoms with Gasteiger partial charge in [0, 0.05) is 57.2 Å². The van der Waals surface area contributed by atoms with Crippen LogP contribution in [-0.4, -0.2) is 61.2 Å². The number of piperidine rings is 1. The predicted molar refractivity (Wildman–Crippen MR) is 108 cm³/mol. The van der Waals surface area contributed by atoms with Crippen LogP contribution in [-0.2, 0) is 0 Å². The Balaban J connectivity index is 1.22. The first-order valence-electron chi connectivity index (χ1n) is 9.81. The van der Waals surface area contributed by atoms with Gasteiger partial charge in [-0.05, 0) is 37.1 Å². The molecule has 4 rings (SSSR count). The zero-order valence-electron chi connectivity index (χ0n) is 15.6. The van der Waals surface area contributed by atoms with E-state index in [1.54, 1.807) is 0 Å². The Bertz CT molecular complexity index is 723. The monoisotopic (exact) mass is 365 g/mol. The van der Waals surface area contributed by atoms with Gasteiger partial charge in [0.15, 0.2) is 0 Å². The first kappa shape index (κ1) is 17.6. The molecule has 0 saturated carbocycles. The van der Waals surface area contributed by atoms with Gasteiger partial charge in [0.25, 0.3) is 0 Å². The molecule has 2 fully saturated rings. The van der Waals surface area contributed by atoms with Gasteiger partial charge >= 0.3 is 6.03 Å². The Morgan fingerprint density at radius 1 is 0.852 bits per heavy atom. The molecule has 0 bridgehead atoms. The lowest BCUT2D eigenvalue weighted by Gasteiger charge is -2.38. The molecule has 1 aromatic heterocycles. The van der Waals surface area contributed by atoms with Crippen LogP contribution in [0.3, 0.4) is 0 Å². The summed E-state index contributed by atoms with van der Waals surface area (Å²) in [5, 5.41) is 3.24. The minimum atomic E-state index is 0.0776. The lowest BCUT2D eigenvalue weighted by molar-refractivity contribution is 0.188. The largest absolute Gasteiger partial charge is 0.371 e. The quantitative estimate of drug-likeness (QED) is 0.908. The van der Waals surface area contributed by atoms with Crippen LogP contribution in [0, 0.1) is 0 Å². The van der Waals surface area contributed by atoms with E-state index in [-0.39, 0.29) is 12.1 Å². The van der Waals surface area contributed by atoms with Crippen LogP contribution in [0.2, 0.25) is 0 Å². The number of piperazine rings is 1. The Hall–Kier alpha value is -2.76. The van der Waals surface area contributed by atoms with Crippen LogP contribution in [0.1, 0.15) is 12.8 Å². The number of amides is 2. The van der Waals surface area contributed by atoms with E-state index in [0.29, 0.717) is 0 Å². The van der Waals surface area contributed by atoms with Gasteiger partial charge in [-0.15, -0.1) is 0 Å². The van der Waals surface area contributed by atoms with Gasteiger partial charge in [0.1, 0.15) is 5.82 Å². The number of pyridine rings is 1. The molecule has 0 unspecified atom stereocenters. The number of nitrogens with zero attached hydrogens (tertiary/aromatic N) is 4. The van der Waals surface area contributed by atoms with Crippen molar-refractivity contribution in [1.82, 2.24) is 15.2 Å². The van der Waals surface area contributed by atoms with Crippen LogP contribution in [0.4, 0.5) is 16.3 Å². The maximum Gasteiger partial charge on any atom is 0.317 e. The zero-order chi connectivity index (χ0) is 18.5. The number of nitrogens with one attached hydrogen (secondary N) is 1. The first-order chi connectivity index (χ1) is 13.3. The summed E-state index contributed by atoms with van der Waals surface area (Å²) in [6, 6.07) is 16.8. The molecule has 2 aromatic rings. The van der Waals surface area contributed by atoms with Gasteiger partial charge in [-0.1, -0.05) is 24.3 Å². The van der Waals surface area contributed by atoms with E-state index in [2.05, 4.69) is 44.4 Å². The summed E-state index contributed by atoms with van der Waals surface area (Å²) in [7, 11) is 0. The highest BCUT2D eigenvalue weighted by Crippen LogP contribution is 2.20. The number of aromatic nitrogens is 1. The molecular weight excluding hydrogens is 338 g/mol. The summed E-state index contributed by atoms with van der Waals surface area (Å²) in [4.78, 5) is 23.6. The van der Waals surface area contributed by atoms with Gasteiger partial charge in [0.05, 0.1) is 0 Å². The summed E-state index contributed by atoms with van der Waals surface area (Å²) in [6.07, 6.45) is 3.80. The highest BCUT2D eigenvalue weighted by atomic mass is 16.2. The van der Waals surface area contributed by atoms with Gasteiger partial charge in [-0.25, -0.2) is 9.78 Å². The number of hydrogen-bond donors (Lipinski definition) is 1. The third-order valence-corrected chi connectivity index (χ3v) is 5.48. The standard InChI is InChI=1S/C21H27N5O/c27-21(26-16-14-25(15-17-26)20-8-4-5-11-22-20)23-18-9-12-24(13-10-18)19-6-2-1-3-7-19/h1-8,11,18H,9-10,12-17H2,(H,23,27). The second-order valence-corrected chi connectivity index (χ2v) is 7.21. The van der Waals surface area contributed by atoms with E-state index in [1.165, 1.54) is 5.69 Å². The summed E-state index contributed by atoms with van der Waals surface area (Å²) in [6.45, 7) is 5.12. The number of urea groups is 1. The molecular formula is C21H27N5O. The lowest BCUT2D eigenvalue weighted by Crippen LogP contribution is -2.55. The number of anilines is 2. The maximum atomic E-state index is 12.6. The zero-order valence-corrected chi connectivity index (χ0v) is 15.6. The van der Waals surface area contributed by atoms with E-state index >= 15 is 0 Å². The van der Waals surface area contributed by atoms with Crippen molar-refractivity contribution in [2.24, 2.45) is 0 Å². The van der Waals surface area contributed by atoms with Crippen molar-refractivity contribution in [3.8, 4) is 0 Å². The summed E-state index contributed by atoms with van der Waals surface area (Å²) >= 11 is 0. The topological polar surface area (TPSA) is 51.7 Å². The second-order valence-electron chi connectivity index (χ2n) is 7.21. The fourth-order valence-electron chi connectivity index (χ4n) is 3.87. The fourth-order valence-corrected chi connectivity index (χ4v) is 3.87. The minimum absolute atomic E-state index is 0.0776. The minimum Gasteiger partial charge on any atom is -0.371 e. The van der Waals surface area contributed by atoms with Crippen LogP contribution in [0.25, 0.3) is 0 Å². The van der Waals surface area contributed by atoms with Crippen LogP contribution in [0.15, 0.2) is 54.7 Å². The summed E-state index contributed by atoms with van der Waals surface area (Å²) in [5.74, 6) is 0.992. The molecule has 0 atom stereocenters. The van der Waals surface area contributed by atoms with E-state index < -0.39 is 0 Å². The van der Waals surface area contributed by atoms with Crippen LogP contribution < -0.4 is 15.1 Å². The number of benzene rings is 1. The molecule has 1 N–H and O–H groups in total. The van der Waals surface area contributed by atoms with Crippen LogP contribution in [0.5, 0.6) is 0 Å². The van der Waals surface area contributed by atoms with Crippen LogP contribution >= 0.6 is 0 Å². The van der Waals surface area contributed by atoms with E-state index in [9.17, 15) is 4.79 Å². The molecule has 27 heavy (non-hydrogen) atoms. The van der Waals surface area contributed by atoms with Gasteiger partial charge in [-0.2, -0.15) is 0 Å². The molecule has 6 heteroatoms. The third-order valence-electron chi connectivity index (χ3n) is 5.48. The van der Waals surface area contributed by atoms with Crippen molar-refractivity contribution in [1.29, 1.82) is 0 Å². The molecule has 2 aliphatic rings. The molecule has 6 nitrogen and oxygen atoms in total. The molecule has 0 spiro atoms. The molecule has 1 aromatic carbocycles. The van der Waals surface area contributed by atoms with E-state index in [4.69, 9.17) is 0 Å². The SMILES string of the molecule is O=C(NC1CCN(c2ccccc2)CC1)N1CCN(c2ccccn2)CC1. The first-order valence-corrected chi connectivity index (χ1v) is 9.81. The summed E-state index contributed by atoms with van der Waals surface area (Å²) in [5.41, 5.74) is 1.27. The van der Waals surface area contributed by atoms with Gasteiger partial charge < -0.3 is 20.0 Å². The Morgan fingerprint density at radius 3 is 2.22 bits per heavy atom. The van der Waals surface area contributed by atoms with Crippen molar-refractivity contribution >= 4 is 17.5 Å². The fraction of sp³-hybridized carbons (Fsp3) is 0.429. The maximum absolute atomic E-state index is 12.6. The molecule has 3 heterocycles. The number of para-hydroxylation sites is 1. The van der Waals surface area contributed by atoms with E-state index in [0.717, 1.165) is 57.9 Å². The highest BCUT2D eigenvalue weighted by molar-refractivity contribution is 5.75. The number of rotatable bonds is 3. The van der Waals surface area contributed by atoms with Crippen molar-refractivity contribution in [2.45, 2.75) is 18.9 Å². The number of carbonyl (C=O) groups is 1. The van der Waals surface area contributed by atoms with Gasteiger partial charge in [-0.3, -0.25) is 0 Å². The Labute approximate surface area is 160 Å². The highest BCUT2D eigenvalue weighted by Gasteiger charge is 2.25. The molecule has 2 amide bonds. The Kier molecular flexibility index (Phi) is 5.42. The van der Waals surface area contributed by atoms with Gasteiger partial charge in [0.2, 0.25) is 0 Å². The third kappa shape index (κ3) is 4.32. The predicted octanol–water partition coefficient (Wildman–Crippen LogP) is 2.58. The second kappa shape index (κ2) is 8.29.